The number of nitrogens with one attached hydrogen (secondary N) is 2. The quantitative estimate of drug-likeness (QED) is 0.671. The van der Waals surface area contributed by atoms with E-state index in [9.17, 15) is 9.59 Å². The molecule has 3 amide bonds. The van der Waals surface area contributed by atoms with E-state index in [1.54, 1.807) is 4.90 Å². The Hall–Kier alpha value is -3.60. The van der Waals surface area contributed by atoms with Crippen LogP contribution in [0, 0.1) is 6.92 Å². The highest BCUT2D eigenvalue weighted by Crippen LogP contribution is 2.28. The Morgan fingerprint density at radius 2 is 1.73 bits per heavy atom. The first-order valence-electron chi connectivity index (χ1n) is 10.2. The third kappa shape index (κ3) is 4.51. The number of nitrogens with zero attached hydrogens (tertiary/aromatic N) is 1. The maximum atomic E-state index is 13.4. The Bertz CT molecular complexity index is 1050. The molecule has 3 aromatic carbocycles. The minimum Gasteiger partial charge on any atom is -0.326 e. The zero-order valence-corrected chi connectivity index (χ0v) is 17.0. The predicted molar refractivity (Wildman–Crippen MR) is 120 cm³/mol. The van der Waals surface area contributed by atoms with Crippen LogP contribution in [0.4, 0.5) is 16.2 Å². The van der Waals surface area contributed by atoms with Crippen LogP contribution in [0.3, 0.4) is 0 Å². The fourth-order valence-electron chi connectivity index (χ4n) is 3.85. The number of hydrogen-bond acceptors (Lipinski definition) is 2. The molecule has 1 heterocycles. The number of para-hydroxylation sites is 1. The molecule has 0 fully saturated rings. The standard InChI is InChI=1S/C25H25N3O2/c1-18-8-7-12-21(16-18)26-25(30)27-22(17-19-9-3-2-4-10-19)24(29)28-15-14-20-11-5-6-13-23(20)28/h2-13,16,22H,14-15,17H2,1H3,(H2,26,27,30)/t22-/m0/s1. The SMILES string of the molecule is Cc1cccc(NC(=O)N[C@@H](Cc2ccccc2)C(=O)N2CCc3ccccc32)c1. The minimum atomic E-state index is -0.664. The van der Waals surface area contributed by atoms with Crippen molar-refractivity contribution < 1.29 is 9.59 Å². The maximum Gasteiger partial charge on any atom is 0.319 e. The molecule has 152 valence electrons. The van der Waals surface area contributed by atoms with E-state index >= 15 is 0 Å². The molecule has 0 unspecified atom stereocenters. The normalized spacial score (nSPS) is 13.4. The molecule has 1 aliphatic rings. The first-order valence-corrected chi connectivity index (χ1v) is 10.2. The molecule has 0 saturated heterocycles. The van der Waals surface area contributed by atoms with Crippen molar-refractivity contribution in [3.63, 3.8) is 0 Å². The van der Waals surface area contributed by atoms with E-state index in [1.807, 2.05) is 85.8 Å². The fraction of sp³-hybridized carbons (Fsp3) is 0.200. The van der Waals surface area contributed by atoms with Crippen LogP contribution in [-0.2, 0) is 17.6 Å². The zero-order chi connectivity index (χ0) is 20.9. The van der Waals surface area contributed by atoms with Gasteiger partial charge in [0, 0.05) is 24.3 Å². The van der Waals surface area contributed by atoms with Gasteiger partial charge in [0.25, 0.3) is 0 Å². The van der Waals surface area contributed by atoms with E-state index in [4.69, 9.17) is 0 Å². The van der Waals surface area contributed by atoms with E-state index in [2.05, 4.69) is 10.6 Å². The summed E-state index contributed by atoms with van der Waals surface area (Å²) in [6.45, 7) is 2.60. The van der Waals surface area contributed by atoms with Crippen LogP contribution in [0.5, 0.6) is 0 Å². The number of benzene rings is 3. The second-order valence-corrected chi connectivity index (χ2v) is 7.58. The monoisotopic (exact) mass is 399 g/mol. The molecule has 2 N–H and O–H groups in total. The maximum absolute atomic E-state index is 13.4. The van der Waals surface area contributed by atoms with Crippen molar-refractivity contribution in [1.29, 1.82) is 0 Å². The highest BCUT2D eigenvalue weighted by Gasteiger charge is 2.31. The average Bonchev–Trinajstić information content (AvgIpc) is 3.18. The van der Waals surface area contributed by atoms with Gasteiger partial charge < -0.3 is 15.5 Å². The number of carbonyl (C=O) groups excluding carboxylic acids is 2. The van der Waals surface area contributed by atoms with Crippen molar-refractivity contribution in [3.8, 4) is 0 Å². The van der Waals surface area contributed by atoms with Gasteiger partial charge in [-0.15, -0.1) is 0 Å². The van der Waals surface area contributed by atoms with E-state index in [1.165, 1.54) is 0 Å². The Labute approximate surface area is 176 Å². The Kier molecular flexibility index (Phi) is 5.80. The third-order valence-corrected chi connectivity index (χ3v) is 5.32. The summed E-state index contributed by atoms with van der Waals surface area (Å²) in [5.74, 6) is -0.0943. The van der Waals surface area contributed by atoms with E-state index in [0.717, 1.165) is 28.8 Å². The molecular weight excluding hydrogens is 374 g/mol. The number of anilines is 2. The lowest BCUT2D eigenvalue weighted by atomic mass is 10.0. The summed E-state index contributed by atoms with van der Waals surface area (Å²) in [5, 5.41) is 5.74. The summed E-state index contributed by atoms with van der Waals surface area (Å²) in [7, 11) is 0. The smallest absolute Gasteiger partial charge is 0.319 e. The Balaban J connectivity index is 1.53. The van der Waals surface area contributed by atoms with Crippen molar-refractivity contribution in [2.24, 2.45) is 0 Å². The van der Waals surface area contributed by atoms with E-state index in [0.29, 0.717) is 18.7 Å². The summed E-state index contributed by atoms with van der Waals surface area (Å²) in [5.41, 5.74) is 4.84. The molecular formula is C25H25N3O2. The molecule has 0 saturated carbocycles. The first-order chi connectivity index (χ1) is 14.6. The van der Waals surface area contributed by atoms with Crippen molar-refractivity contribution in [2.45, 2.75) is 25.8 Å². The van der Waals surface area contributed by atoms with Crippen molar-refractivity contribution in [1.82, 2.24) is 5.32 Å². The van der Waals surface area contributed by atoms with Crippen LogP contribution in [0.15, 0.2) is 78.9 Å². The average molecular weight is 399 g/mol. The zero-order valence-electron chi connectivity index (χ0n) is 17.0. The number of rotatable bonds is 5. The molecule has 0 aromatic heterocycles. The number of carbonyl (C=O) groups is 2. The second kappa shape index (κ2) is 8.82. The van der Waals surface area contributed by atoms with Gasteiger partial charge in [-0.25, -0.2) is 4.79 Å². The van der Waals surface area contributed by atoms with Gasteiger partial charge in [0.05, 0.1) is 0 Å². The number of hydrogen-bond donors (Lipinski definition) is 2. The summed E-state index contributed by atoms with van der Waals surface area (Å²) in [4.78, 5) is 27.9. The number of aryl methyl sites for hydroxylation is 1. The number of amides is 3. The summed E-state index contributed by atoms with van der Waals surface area (Å²) < 4.78 is 0. The van der Waals surface area contributed by atoms with Gasteiger partial charge in [0.1, 0.15) is 6.04 Å². The van der Waals surface area contributed by atoms with Gasteiger partial charge in [-0.05, 0) is 48.2 Å². The number of urea groups is 1. The van der Waals surface area contributed by atoms with Crippen LogP contribution in [0.25, 0.3) is 0 Å². The molecule has 0 bridgehead atoms. The van der Waals surface area contributed by atoms with Gasteiger partial charge in [-0.3, -0.25) is 4.79 Å². The highest BCUT2D eigenvalue weighted by atomic mass is 16.2. The van der Waals surface area contributed by atoms with Gasteiger partial charge in [-0.1, -0.05) is 60.7 Å². The second-order valence-electron chi connectivity index (χ2n) is 7.58. The van der Waals surface area contributed by atoms with Crippen molar-refractivity contribution in [2.75, 3.05) is 16.8 Å². The summed E-state index contributed by atoms with van der Waals surface area (Å²) >= 11 is 0. The van der Waals surface area contributed by atoms with Gasteiger partial charge in [0.15, 0.2) is 0 Å². The van der Waals surface area contributed by atoms with Gasteiger partial charge in [-0.2, -0.15) is 0 Å². The lowest BCUT2D eigenvalue weighted by molar-refractivity contribution is -0.120. The molecule has 0 spiro atoms. The van der Waals surface area contributed by atoms with Gasteiger partial charge >= 0.3 is 6.03 Å². The fourth-order valence-corrected chi connectivity index (χ4v) is 3.85. The molecule has 0 aliphatic carbocycles. The lowest BCUT2D eigenvalue weighted by Gasteiger charge is -2.25. The molecule has 3 aromatic rings. The van der Waals surface area contributed by atoms with Crippen LogP contribution < -0.4 is 15.5 Å². The van der Waals surface area contributed by atoms with Gasteiger partial charge in [0.2, 0.25) is 5.91 Å². The Morgan fingerprint density at radius 3 is 2.53 bits per heavy atom. The predicted octanol–water partition coefficient (Wildman–Crippen LogP) is 4.32. The van der Waals surface area contributed by atoms with E-state index < -0.39 is 6.04 Å². The largest absolute Gasteiger partial charge is 0.326 e. The number of fused-ring (bicyclic) bond motifs is 1. The van der Waals surface area contributed by atoms with E-state index in [-0.39, 0.29) is 11.9 Å². The molecule has 0 radical (unpaired) electrons. The molecule has 5 nitrogen and oxygen atoms in total. The van der Waals surface area contributed by atoms with Crippen LogP contribution in [-0.4, -0.2) is 24.5 Å². The molecule has 1 aliphatic heterocycles. The third-order valence-electron chi connectivity index (χ3n) is 5.32. The topological polar surface area (TPSA) is 61.4 Å². The van der Waals surface area contributed by atoms with Crippen molar-refractivity contribution >= 4 is 23.3 Å². The summed E-state index contributed by atoms with van der Waals surface area (Å²) in [6, 6.07) is 24.2. The van der Waals surface area contributed by atoms with Crippen LogP contribution in [0.2, 0.25) is 0 Å². The first kappa shape index (κ1) is 19.7. The van der Waals surface area contributed by atoms with Crippen molar-refractivity contribution in [3.05, 3.63) is 95.6 Å². The summed E-state index contributed by atoms with van der Waals surface area (Å²) in [6.07, 6.45) is 1.26. The molecule has 4 rings (SSSR count). The molecule has 1 atom stereocenters. The van der Waals surface area contributed by atoms with Crippen LogP contribution >= 0.6 is 0 Å². The van der Waals surface area contributed by atoms with Crippen LogP contribution in [0.1, 0.15) is 16.7 Å². The molecule has 30 heavy (non-hydrogen) atoms. The Morgan fingerprint density at radius 1 is 0.967 bits per heavy atom. The lowest BCUT2D eigenvalue weighted by Crippen LogP contribution is -2.50. The molecule has 5 heteroatoms. The minimum absolute atomic E-state index is 0.0943. The highest BCUT2D eigenvalue weighted by molar-refractivity contribution is 6.02.